The minimum Gasteiger partial charge on any atom is -0.487 e. The number of nitrogens with one attached hydrogen (secondary N) is 1. The van der Waals surface area contributed by atoms with E-state index in [1.807, 2.05) is 36.4 Å². The fourth-order valence-electron chi connectivity index (χ4n) is 3.42. The van der Waals surface area contributed by atoms with Gasteiger partial charge in [0.1, 0.15) is 12.4 Å². The SMILES string of the molecule is O=C(O)[C@@H](O)[C@@H](Nc1cccc(OCc2ccc3ccccc3n2)c1)c1ccc(Cl)cc1Cl. The highest BCUT2D eigenvalue weighted by Crippen LogP contribution is 2.32. The Kier molecular flexibility index (Phi) is 6.99. The molecule has 0 saturated heterocycles. The highest BCUT2D eigenvalue weighted by Gasteiger charge is 2.29. The molecule has 8 heteroatoms. The third-order valence-electron chi connectivity index (χ3n) is 5.07. The molecule has 168 valence electrons. The normalized spacial score (nSPS) is 12.8. The summed E-state index contributed by atoms with van der Waals surface area (Å²) in [6.07, 6.45) is -1.74. The molecular formula is C25H20Cl2N2O4. The Morgan fingerprint density at radius 2 is 1.82 bits per heavy atom. The van der Waals surface area contributed by atoms with Gasteiger partial charge in [-0.2, -0.15) is 0 Å². The van der Waals surface area contributed by atoms with Crippen LogP contribution in [0, 0.1) is 0 Å². The minimum absolute atomic E-state index is 0.245. The summed E-state index contributed by atoms with van der Waals surface area (Å²) in [5, 5.41) is 24.4. The summed E-state index contributed by atoms with van der Waals surface area (Å²) in [5.41, 5.74) is 2.62. The van der Waals surface area contributed by atoms with Crippen LogP contribution in [0.2, 0.25) is 10.0 Å². The van der Waals surface area contributed by atoms with E-state index in [-0.39, 0.29) is 11.6 Å². The van der Waals surface area contributed by atoms with Crippen molar-refractivity contribution >= 4 is 45.8 Å². The first-order valence-electron chi connectivity index (χ1n) is 10.1. The summed E-state index contributed by atoms with van der Waals surface area (Å²) in [4.78, 5) is 16.1. The molecule has 3 N–H and O–H groups in total. The van der Waals surface area contributed by atoms with Crippen molar-refractivity contribution in [3.8, 4) is 5.75 Å². The number of anilines is 1. The third kappa shape index (κ3) is 5.54. The maximum Gasteiger partial charge on any atom is 0.335 e. The first kappa shape index (κ1) is 22.9. The van der Waals surface area contributed by atoms with Crippen molar-refractivity contribution in [1.82, 2.24) is 4.98 Å². The van der Waals surface area contributed by atoms with Gasteiger partial charge in [0.25, 0.3) is 0 Å². The maximum atomic E-state index is 11.5. The highest BCUT2D eigenvalue weighted by molar-refractivity contribution is 6.35. The monoisotopic (exact) mass is 482 g/mol. The number of hydrogen-bond acceptors (Lipinski definition) is 5. The lowest BCUT2D eigenvalue weighted by Gasteiger charge is -2.24. The summed E-state index contributed by atoms with van der Waals surface area (Å²) < 4.78 is 5.89. The second-order valence-electron chi connectivity index (χ2n) is 7.38. The van der Waals surface area contributed by atoms with Crippen LogP contribution in [0.15, 0.2) is 78.9 Å². The number of aliphatic hydroxyl groups is 1. The van der Waals surface area contributed by atoms with Crippen molar-refractivity contribution < 1.29 is 19.7 Å². The number of rotatable bonds is 8. The fraction of sp³-hybridized carbons (Fsp3) is 0.120. The Morgan fingerprint density at radius 1 is 1.00 bits per heavy atom. The Hall–Kier alpha value is -3.32. The van der Waals surface area contributed by atoms with Crippen molar-refractivity contribution in [3.63, 3.8) is 0 Å². The van der Waals surface area contributed by atoms with Crippen LogP contribution in [-0.2, 0) is 11.4 Å². The van der Waals surface area contributed by atoms with Gasteiger partial charge in [0.05, 0.1) is 17.3 Å². The Morgan fingerprint density at radius 3 is 2.61 bits per heavy atom. The number of para-hydroxylation sites is 1. The third-order valence-corrected chi connectivity index (χ3v) is 5.63. The summed E-state index contributed by atoms with van der Waals surface area (Å²) >= 11 is 12.2. The van der Waals surface area contributed by atoms with Gasteiger partial charge in [0, 0.05) is 27.2 Å². The van der Waals surface area contributed by atoms with Gasteiger partial charge < -0.3 is 20.3 Å². The largest absolute Gasteiger partial charge is 0.487 e. The second-order valence-corrected chi connectivity index (χ2v) is 8.23. The topological polar surface area (TPSA) is 91.7 Å². The number of pyridine rings is 1. The van der Waals surface area contributed by atoms with E-state index in [1.165, 1.54) is 6.07 Å². The van der Waals surface area contributed by atoms with Crippen LogP contribution >= 0.6 is 23.2 Å². The maximum absolute atomic E-state index is 11.5. The molecule has 0 spiro atoms. The number of aromatic nitrogens is 1. The number of carbonyl (C=O) groups is 1. The average molecular weight is 483 g/mol. The lowest BCUT2D eigenvalue weighted by Crippen LogP contribution is -2.32. The smallest absolute Gasteiger partial charge is 0.335 e. The van der Waals surface area contributed by atoms with Crippen LogP contribution in [0.5, 0.6) is 5.75 Å². The summed E-state index contributed by atoms with van der Waals surface area (Å²) in [7, 11) is 0. The van der Waals surface area contributed by atoms with Gasteiger partial charge in [-0.25, -0.2) is 9.78 Å². The zero-order valence-corrected chi connectivity index (χ0v) is 18.8. The van der Waals surface area contributed by atoms with E-state index in [1.54, 1.807) is 36.4 Å². The van der Waals surface area contributed by atoms with Crippen LogP contribution in [0.3, 0.4) is 0 Å². The molecule has 1 heterocycles. The summed E-state index contributed by atoms with van der Waals surface area (Å²) in [6, 6.07) is 22.4. The molecule has 4 rings (SSSR count). The lowest BCUT2D eigenvalue weighted by molar-refractivity contribution is -0.147. The molecule has 6 nitrogen and oxygen atoms in total. The van der Waals surface area contributed by atoms with Gasteiger partial charge in [0.15, 0.2) is 6.10 Å². The lowest BCUT2D eigenvalue weighted by atomic mass is 10.0. The first-order valence-corrected chi connectivity index (χ1v) is 10.9. The molecule has 0 amide bonds. The number of aliphatic hydroxyl groups excluding tert-OH is 1. The zero-order chi connectivity index (χ0) is 23.4. The van der Waals surface area contributed by atoms with E-state index in [9.17, 15) is 15.0 Å². The molecule has 0 aliphatic rings. The predicted molar refractivity (Wildman–Crippen MR) is 129 cm³/mol. The summed E-state index contributed by atoms with van der Waals surface area (Å²) in [5.74, 6) is -0.825. The van der Waals surface area contributed by atoms with E-state index < -0.39 is 18.1 Å². The number of benzene rings is 3. The van der Waals surface area contributed by atoms with Crippen molar-refractivity contribution in [2.45, 2.75) is 18.8 Å². The van der Waals surface area contributed by atoms with Gasteiger partial charge in [-0.3, -0.25) is 0 Å². The number of carboxylic acid groups (broad SMARTS) is 1. The highest BCUT2D eigenvalue weighted by atomic mass is 35.5. The van der Waals surface area contributed by atoms with E-state index >= 15 is 0 Å². The van der Waals surface area contributed by atoms with E-state index in [0.29, 0.717) is 22.0 Å². The number of fused-ring (bicyclic) bond motifs is 1. The zero-order valence-electron chi connectivity index (χ0n) is 17.3. The van der Waals surface area contributed by atoms with Gasteiger partial charge in [-0.05, 0) is 42.0 Å². The molecule has 3 aromatic carbocycles. The molecule has 0 bridgehead atoms. The number of halogens is 2. The van der Waals surface area contributed by atoms with E-state index in [4.69, 9.17) is 27.9 Å². The van der Waals surface area contributed by atoms with E-state index in [2.05, 4.69) is 10.3 Å². The van der Waals surface area contributed by atoms with Gasteiger partial charge in [-0.15, -0.1) is 0 Å². The molecule has 0 fully saturated rings. The average Bonchev–Trinajstić information content (AvgIpc) is 2.81. The number of carboxylic acids is 1. The standard InChI is InChI=1S/C25H20Cl2N2O4/c26-16-9-11-20(21(27)12-16)23(24(30)25(31)32)29-17-5-3-6-19(13-17)33-14-18-10-8-15-4-1-2-7-22(15)28-18/h1-13,23-24,29-30H,14H2,(H,31,32)/t23-,24-/m0/s1. The van der Waals surface area contributed by atoms with Crippen molar-refractivity contribution in [2.24, 2.45) is 0 Å². The van der Waals surface area contributed by atoms with Crippen LogP contribution in [-0.4, -0.2) is 27.3 Å². The number of ether oxygens (including phenoxy) is 1. The molecule has 0 unspecified atom stereocenters. The van der Waals surface area contributed by atoms with Crippen molar-refractivity contribution in [2.75, 3.05) is 5.32 Å². The number of aliphatic carboxylic acids is 1. The summed E-state index contributed by atoms with van der Waals surface area (Å²) in [6.45, 7) is 0.262. The minimum atomic E-state index is -1.74. The molecule has 4 aromatic rings. The number of nitrogens with zero attached hydrogens (tertiary/aromatic N) is 1. The second kappa shape index (κ2) is 10.1. The molecule has 0 aliphatic carbocycles. The van der Waals surface area contributed by atoms with Crippen LogP contribution < -0.4 is 10.1 Å². The van der Waals surface area contributed by atoms with Crippen LogP contribution in [0.1, 0.15) is 17.3 Å². The number of hydrogen-bond donors (Lipinski definition) is 3. The Bertz CT molecular complexity index is 1300. The van der Waals surface area contributed by atoms with Crippen molar-refractivity contribution in [3.05, 3.63) is 100 Å². The van der Waals surface area contributed by atoms with E-state index in [0.717, 1.165) is 16.6 Å². The van der Waals surface area contributed by atoms with Crippen LogP contribution in [0.25, 0.3) is 10.9 Å². The molecular weight excluding hydrogens is 463 g/mol. The predicted octanol–water partition coefficient (Wildman–Crippen LogP) is 5.72. The Balaban J connectivity index is 1.52. The quantitative estimate of drug-likeness (QED) is 0.297. The molecule has 2 atom stereocenters. The molecule has 0 radical (unpaired) electrons. The fourth-order valence-corrected chi connectivity index (χ4v) is 3.95. The van der Waals surface area contributed by atoms with Gasteiger partial charge in [0.2, 0.25) is 0 Å². The molecule has 33 heavy (non-hydrogen) atoms. The Labute approximate surface area is 200 Å². The van der Waals surface area contributed by atoms with Crippen molar-refractivity contribution in [1.29, 1.82) is 0 Å². The van der Waals surface area contributed by atoms with Gasteiger partial charge in [-0.1, -0.05) is 59.6 Å². The van der Waals surface area contributed by atoms with Crippen LogP contribution in [0.4, 0.5) is 5.69 Å². The molecule has 0 saturated carbocycles. The molecule has 0 aliphatic heterocycles. The van der Waals surface area contributed by atoms with Gasteiger partial charge >= 0.3 is 5.97 Å². The molecule has 1 aromatic heterocycles. The first-order chi connectivity index (χ1) is 15.9.